The molecule has 2 heterocycles. The Morgan fingerprint density at radius 3 is 1.23 bits per heavy atom. The molecule has 0 bridgehead atoms. The van der Waals surface area contributed by atoms with Crippen LogP contribution in [0.25, 0.3) is 5.57 Å². The van der Waals surface area contributed by atoms with Crippen LogP contribution in [-0.4, -0.2) is 49.0 Å². The van der Waals surface area contributed by atoms with E-state index in [2.05, 4.69) is 41.5 Å². The van der Waals surface area contributed by atoms with Gasteiger partial charge in [0.2, 0.25) is 0 Å². The van der Waals surface area contributed by atoms with Crippen molar-refractivity contribution < 1.29 is 9.90 Å². The Bertz CT molecular complexity index is 2670. The number of carbonyl (C=O) groups excluding carboxylic acids is 1. The Morgan fingerprint density at radius 2 is 0.818 bits per heavy atom. The van der Waals surface area contributed by atoms with Crippen LogP contribution in [-0.2, 0) is 44.1 Å². The Labute approximate surface area is 418 Å². The maximum absolute atomic E-state index is 12.5. The number of hydrogen-bond acceptors (Lipinski definition) is 4. The molecule has 2 fully saturated rings. The lowest BCUT2D eigenvalue weighted by molar-refractivity contribution is -0.0113. The number of carbonyl (C=O) groups is 1. The molecule has 6 aromatic carbocycles. The normalized spacial score (nSPS) is 17.7. The summed E-state index contributed by atoms with van der Waals surface area (Å²) < 4.78 is 0. The van der Waals surface area contributed by atoms with Crippen molar-refractivity contribution in [3.63, 3.8) is 0 Å². The van der Waals surface area contributed by atoms with E-state index in [0.29, 0.717) is 10.0 Å². The van der Waals surface area contributed by atoms with Crippen LogP contribution in [0.5, 0.6) is 0 Å². The van der Waals surface area contributed by atoms with Gasteiger partial charge in [0.15, 0.2) is 5.78 Å². The Hall–Kier alpha value is -3.65. The predicted octanol–water partition coefficient (Wildman–Crippen LogP) is 14.3. The standard InChI is InChI=1S/C21H23Cl2NO.C20H19Cl2N.C15H10Cl2O/c1-24-10-8-16(9-11-24)21(25)19-6-4-17(22)12-14(19)2-3-15-13-18(23)5-7-20(15)21;21-16-3-5-18-14(11-16)1-2-15-12-17(22)4-6-19(15)20(18)13-7-9-23-10-8-13;16-11-3-5-13-9(7-11)1-2-10-8-12(17)4-6-14(10)15(13)18/h4-7,12-13,16,25H,2-3,8-11H2,1H3;3-6,11-12,23H,1-2,7-10H2;3-8H,1-2H2. The third-order valence-electron chi connectivity index (χ3n) is 14.1. The highest BCUT2D eigenvalue weighted by molar-refractivity contribution is 6.32. The number of benzene rings is 6. The summed E-state index contributed by atoms with van der Waals surface area (Å²) in [7, 11) is 2.15. The van der Waals surface area contributed by atoms with Crippen molar-refractivity contribution in [3.05, 3.63) is 212 Å². The molecule has 0 atom stereocenters. The summed E-state index contributed by atoms with van der Waals surface area (Å²) in [5.74, 6) is 0.257. The van der Waals surface area contributed by atoms with E-state index < -0.39 is 5.60 Å². The fourth-order valence-electron chi connectivity index (χ4n) is 10.8. The molecule has 3 aliphatic carbocycles. The van der Waals surface area contributed by atoms with Crippen LogP contribution in [0.2, 0.25) is 30.1 Å². The second kappa shape index (κ2) is 20.5. The lowest BCUT2D eigenvalue weighted by Crippen LogP contribution is -2.43. The molecule has 10 heteroatoms. The third-order valence-corrected chi connectivity index (χ3v) is 15.5. The van der Waals surface area contributed by atoms with Crippen LogP contribution in [0.1, 0.15) is 97.2 Å². The molecule has 2 N–H and O–H groups in total. The summed E-state index contributed by atoms with van der Waals surface area (Å²) in [5, 5.41) is 20.0. The number of likely N-dealkylation sites (tertiary alicyclic amines) is 1. The van der Waals surface area contributed by atoms with E-state index in [1.165, 1.54) is 27.8 Å². The number of halogens is 6. The molecule has 66 heavy (non-hydrogen) atoms. The van der Waals surface area contributed by atoms with E-state index in [0.717, 1.165) is 155 Å². The minimum atomic E-state index is -0.975. The first-order valence-corrected chi connectivity index (χ1v) is 25.2. The van der Waals surface area contributed by atoms with Crippen molar-refractivity contribution in [2.45, 2.75) is 69.8 Å². The SMILES string of the molecule is CN1CCC(C2(O)c3ccc(Cl)cc3CCc3cc(Cl)ccc32)CC1.Clc1ccc2c(c1)CCc1cc(Cl)ccc1C2=C1CCNCC1.O=C1c2ccc(Cl)cc2CCc2cc(Cl)ccc21. The smallest absolute Gasteiger partial charge is 0.193 e. The number of nitrogens with one attached hydrogen (secondary N) is 1. The molecule has 0 unspecified atom stereocenters. The summed E-state index contributed by atoms with van der Waals surface area (Å²) in [6.07, 6.45) is 9.59. The zero-order chi connectivity index (χ0) is 46.1. The number of aliphatic hydroxyl groups is 1. The van der Waals surface area contributed by atoms with Crippen LogP contribution in [0, 0.1) is 5.92 Å². The molecule has 11 rings (SSSR count). The Kier molecular flexibility index (Phi) is 14.7. The average molecular weight is 998 g/mol. The Morgan fingerprint density at radius 1 is 0.485 bits per heavy atom. The predicted molar refractivity (Wildman–Crippen MR) is 276 cm³/mol. The van der Waals surface area contributed by atoms with Crippen molar-refractivity contribution in [2.24, 2.45) is 5.92 Å². The van der Waals surface area contributed by atoms with Gasteiger partial charge in [-0.1, -0.05) is 99.4 Å². The fraction of sp³-hybridized carbons (Fsp3) is 0.304. The molecule has 5 aliphatic rings. The van der Waals surface area contributed by atoms with Gasteiger partial charge in [-0.25, -0.2) is 0 Å². The van der Waals surface area contributed by atoms with Gasteiger partial charge in [0.25, 0.3) is 0 Å². The van der Waals surface area contributed by atoms with Crippen molar-refractivity contribution in [1.82, 2.24) is 10.2 Å². The summed E-state index contributed by atoms with van der Waals surface area (Å²) >= 11 is 37.0. The van der Waals surface area contributed by atoms with E-state index in [4.69, 9.17) is 69.6 Å². The molecule has 4 nitrogen and oxygen atoms in total. The second-order valence-corrected chi connectivity index (χ2v) is 20.8. The molecular formula is C56H52Cl6N2O2. The van der Waals surface area contributed by atoms with Crippen LogP contribution < -0.4 is 5.32 Å². The minimum absolute atomic E-state index is 0.0610. The van der Waals surface area contributed by atoms with E-state index in [1.807, 2.05) is 72.8 Å². The van der Waals surface area contributed by atoms with Crippen molar-refractivity contribution in [1.29, 1.82) is 0 Å². The average Bonchev–Trinajstić information content (AvgIpc) is 3.61. The van der Waals surface area contributed by atoms with Gasteiger partial charge in [-0.05, 0) is 249 Å². The number of fused-ring (bicyclic) bond motifs is 6. The number of piperidine rings is 2. The minimum Gasteiger partial charge on any atom is -0.380 e. The second-order valence-electron chi connectivity index (χ2n) is 18.2. The van der Waals surface area contributed by atoms with E-state index >= 15 is 0 Å². The summed E-state index contributed by atoms with van der Waals surface area (Å²) in [6.45, 7) is 4.15. The highest BCUT2D eigenvalue weighted by Crippen LogP contribution is 2.47. The maximum Gasteiger partial charge on any atom is 0.193 e. The van der Waals surface area contributed by atoms with Crippen LogP contribution >= 0.6 is 69.6 Å². The first-order chi connectivity index (χ1) is 31.8. The number of hydrogen-bond donors (Lipinski definition) is 2. The summed E-state index contributed by atoms with van der Waals surface area (Å²) in [6, 6.07) is 35.5. The van der Waals surface area contributed by atoms with E-state index in [9.17, 15) is 9.90 Å². The maximum atomic E-state index is 12.5. The largest absolute Gasteiger partial charge is 0.380 e. The van der Waals surface area contributed by atoms with Crippen LogP contribution in [0.3, 0.4) is 0 Å². The number of aryl methyl sites for hydroxylation is 6. The number of nitrogens with zero attached hydrogens (tertiary/aromatic N) is 1. The van der Waals surface area contributed by atoms with Gasteiger partial charge in [-0.2, -0.15) is 0 Å². The van der Waals surface area contributed by atoms with Gasteiger partial charge in [0, 0.05) is 41.3 Å². The molecule has 2 aliphatic heterocycles. The lowest BCUT2D eigenvalue weighted by atomic mass is 9.70. The van der Waals surface area contributed by atoms with E-state index in [-0.39, 0.29) is 11.7 Å². The fourth-order valence-corrected chi connectivity index (χ4v) is 11.9. The lowest BCUT2D eigenvalue weighted by Gasteiger charge is -2.42. The highest BCUT2D eigenvalue weighted by atomic mass is 35.5. The highest BCUT2D eigenvalue weighted by Gasteiger charge is 2.45. The van der Waals surface area contributed by atoms with Crippen molar-refractivity contribution in [3.8, 4) is 0 Å². The van der Waals surface area contributed by atoms with Gasteiger partial charge >= 0.3 is 0 Å². The molecular weight excluding hydrogens is 945 g/mol. The monoisotopic (exact) mass is 994 g/mol. The van der Waals surface area contributed by atoms with Gasteiger partial charge in [-0.15, -0.1) is 0 Å². The van der Waals surface area contributed by atoms with Crippen LogP contribution in [0.15, 0.2) is 115 Å². The molecule has 0 spiro atoms. The molecule has 0 aromatic heterocycles. The number of rotatable bonds is 1. The molecule has 6 aromatic rings. The quantitative estimate of drug-likeness (QED) is 0.172. The molecule has 0 radical (unpaired) electrons. The first-order valence-electron chi connectivity index (χ1n) is 23.0. The zero-order valence-corrected chi connectivity index (χ0v) is 41.5. The van der Waals surface area contributed by atoms with Crippen molar-refractivity contribution >= 4 is 81.0 Å². The molecule has 0 amide bonds. The van der Waals surface area contributed by atoms with Gasteiger partial charge in [-0.3, -0.25) is 4.79 Å². The zero-order valence-electron chi connectivity index (χ0n) is 36.9. The molecule has 2 saturated heterocycles. The summed E-state index contributed by atoms with van der Waals surface area (Å²) in [5.41, 5.74) is 15.3. The number of ketones is 1. The molecule has 0 saturated carbocycles. The summed E-state index contributed by atoms with van der Waals surface area (Å²) in [4.78, 5) is 14.8. The first kappa shape index (κ1) is 47.4. The van der Waals surface area contributed by atoms with E-state index in [1.54, 1.807) is 17.7 Å². The van der Waals surface area contributed by atoms with Gasteiger partial charge < -0.3 is 15.3 Å². The van der Waals surface area contributed by atoms with Gasteiger partial charge in [0.05, 0.1) is 0 Å². The Balaban J connectivity index is 0.000000126. The van der Waals surface area contributed by atoms with Gasteiger partial charge in [0.1, 0.15) is 5.60 Å². The molecule has 340 valence electrons. The topological polar surface area (TPSA) is 52.6 Å². The van der Waals surface area contributed by atoms with Crippen LogP contribution in [0.4, 0.5) is 0 Å². The third kappa shape index (κ3) is 10.1. The van der Waals surface area contributed by atoms with Crippen molar-refractivity contribution in [2.75, 3.05) is 33.2 Å².